The predicted molar refractivity (Wildman–Crippen MR) is 95.6 cm³/mol. The van der Waals surface area contributed by atoms with Gasteiger partial charge in [-0.1, -0.05) is 0 Å². The number of carboxylic acids is 2. The van der Waals surface area contributed by atoms with Crippen LogP contribution in [-0.2, 0) is 29.6 Å². The summed E-state index contributed by atoms with van der Waals surface area (Å²) in [6.45, 7) is 5.21. The number of aliphatic carboxylic acids is 2. The summed E-state index contributed by atoms with van der Waals surface area (Å²) < 4.78 is 51.1. The molecule has 0 fully saturated rings. The maximum Gasteiger partial charge on any atom is 0.332 e. The van der Waals surface area contributed by atoms with Crippen LogP contribution in [0.15, 0.2) is 11.1 Å². The molecule has 0 saturated heterocycles. The standard InChI is InChI=1S/C14H26N2O8S2/c1-9(2)25(21,22)15-7-5-11(13(17)18)12(14(19)20)6-8-16-26(23,24)10(3)4/h9-10,15-16H,5-8H2,1-4H3,(H,17,18)(H,19,20). The molecule has 12 heteroatoms. The maximum atomic E-state index is 11.7. The lowest BCUT2D eigenvalue weighted by molar-refractivity contribution is -0.136. The van der Waals surface area contributed by atoms with Gasteiger partial charge >= 0.3 is 11.9 Å². The van der Waals surface area contributed by atoms with Crippen molar-refractivity contribution in [3.05, 3.63) is 11.1 Å². The molecule has 0 aliphatic carbocycles. The number of carbonyl (C=O) groups is 2. The first-order valence-electron chi connectivity index (χ1n) is 7.88. The van der Waals surface area contributed by atoms with E-state index in [1.807, 2.05) is 0 Å². The van der Waals surface area contributed by atoms with E-state index in [2.05, 4.69) is 9.44 Å². The van der Waals surface area contributed by atoms with E-state index in [9.17, 15) is 36.6 Å². The largest absolute Gasteiger partial charge is 0.478 e. The lowest BCUT2D eigenvalue weighted by atomic mass is 10.0. The van der Waals surface area contributed by atoms with Crippen molar-refractivity contribution in [1.29, 1.82) is 0 Å². The van der Waals surface area contributed by atoms with Crippen molar-refractivity contribution >= 4 is 32.0 Å². The molecule has 0 rings (SSSR count). The van der Waals surface area contributed by atoms with Crippen molar-refractivity contribution in [3.63, 3.8) is 0 Å². The molecule has 0 aliphatic heterocycles. The molecule has 0 radical (unpaired) electrons. The van der Waals surface area contributed by atoms with E-state index < -0.39 is 53.6 Å². The van der Waals surface area contributed by atoms with Crippen LogP contribution in [0.1, 0.15) is 40.5 Å². The molecule has 0 unspecified atom stereocenters. The van der Waals surface area contributed by atoms with Gasteiger partial charge in [-0.15, -0.1) is 0 Å². The number of hydrogen-bond donors (Lipinski definition) is 4. The molecular formula is C14H26N2O8S2. The van der Waals surface area contributed by atoms with E-state index in [0.717, 1.165) is 0 Å². The quantitative estimate of drug-likeness (QED) is 0.321. The van der Waals surface area contributed by atoms with Crippen molar-refractivity contribution in [1.82, 2.24) is 9.44 Å². The third-order valence-electron chi connectivity index (χ3n) is 3.48. The molecule has 0 atom stereocenters. The molecule has 0 aliphatic rings. The van der Waals surface area contributed by atoms with Crippen LogP contribution in [0.4, 0.5) is 0 Å². The number of hydrogen-bond acceptors (Lipinski definition) is 6. The van der Waals surface area contributed by atoms with Crippen molar-refractivity contribution < 1.29 is 36.6 Å². The zero-order valence-corrected chi connectivity index (χ0v) is 16.8. The van der Waals surface area contributed by atoms with Crippen LogP contribution >= 0.6 is 0 Å². The SMILES string of the molecule is CC(C)S(=O)(=O)NCCC(C(=O)O)=C(CCNS(=O)(=O)C(C)C)C(=O)O. The number of nitrogens with one attached hydrogen (secondary N) is 2. The molecule has 26 heavy (non-hydrogen) atoms. The molecule has 152 valence electrons. The molecule has 0 saturated carbocycles. The van der Waals surface area contributed by atoms with Gasteiger partial charge in [0, 0.05) is 24.2 Å². The summed E-state index contributed by atoms with van der Waals surface area (Å²) in [7, 11) is -7.23. The highest BCUT2D eigenvalue weighted by Crippen LogP contribution is 2.14. The smallest absolute Gasteiger partial charge is 0.332 e. The van der Waals surface area contributed by atoms with E-state index >= 15 is 0 Å². The Morgan fingerprint density at radius 3 is 1.19 bits per heavy atom. The number of rotatable bonds is 12. The number of carboxylic acid groups (broad SMARTS) is 2. The Labute approximate surface area is 153 Å². The molecule has 0 spiro atoms. The minimum atomic E-state index is -3.62. The van der Waals surface area contributed by atoms with E-state index in [-0.39, 0.29) is 25.9 Å². The lowest BCUT2D eigenvalue weighted by Crippen LogP contribution is -2.33. The third kappa shape index (κ3) is 7.81. The van der Waals surface area contributed by atoms with Gasteiger partial charge < -0.3 is 10.2 Å². The minimum Gasteiger partial charge on any atom is -0.478 e. The highest BCUT2D eigenvalue weighted by molar-refractivity contribution is 7.90. The van der Waals surface area contributed by atoms with Gasteiger partial charge in [-0.2, -0.15) is 0 Å². The summed E-state index contributed by atoms with van der Waals surface area (Å²) in [5.41, 5.74) is -0.958. The van der Waals surface area contributed by atoms with Crippen LogP contribution in [0.2, 0.25) is 0 Å². The van der Waals surface area contributed by atoms with E-state index in [1.54, 1.807) is 0 Å². The van der Waals surface area contributed by atoms with Crippen molar-refractivity contribution in [2.75, 3.05) is 13.1 Å². The van der Waals surface area contributed by atoms with Crippen molar-refractivity contribution in [2.45, 2.75) is 51.0 Å². The fourth-order valence-corrected chi connectivity index (χ4v) is 3.18. The van der Waals surface area contributed by atoms with Gasteiger partial charge in [-0.05, 0) is 40.5 Å². The minimum absolute atomic E-state index is 0.281. The van der Waals surface area contributed by atoms with Gasteiger partial charge in [0.1, 0.15) is 0 Å². The van der Waals surface area contributed by atoms with Gasteiger partial charge in [0.05, 0.1) is 10.5 Å². The average molecular weight is 415 g/mol. The molecule has 0 heterocycles. The summed E-state index contributed by atoms with van der Waals surface area (Å²) in [4.78, 5) is 22.7. The van der Waals surface area contributed by atoms with Crippen molar-refractivity contribution in [2.24, 2.45) is 0 Å². The first kappa shape index (κ1) is 24.5. The Kier molecular flexibility index (Phi) is 9.42. The second kappa shape index (κ2) is 10.00. The molecule has 0 aromatic heterocycles. The van der Waals surface area contributed by atoms with Gasteiger partial charge in [-0.25, -0.2) is 35.9 Å². The van der Waals surface area contributed by atoms with Crippen LogP contribution in [0.25, 0.3) is 0 Å². The highest BCUT2D eigenvalue weighted by Gasteiger charge is 2.23. The van der Waals surface area contributed by atoms with Crippen molar-refractivity contribution in [3.8, 4) is 0 Å². The fraction of sp³-hybridized carbons (Fsp3) is 0.714. The summed E-state index contributed by atoms with van der Waals surface area (Å²) >= 11 is 0. The lowest BCUT2D eigenvalue weighted by Gasteiger charge is -2.13. The van der Waals surface area contributed by atoms with Crippen LogP contribution in [0, 0.1) is 0 Å². The molecule has 10 nitrogen and oxygen atoms in total. The van der Waals surface area contributed by atoms with Gasteiger partial charge in [0.2, 0.25) is 20.0 Å². The normalized spacial score (nSPS) is 13.8. The zero-order valence-electron chi connectivity index (χ0n) is 15.1. The summed E-state index contributed by atoms with van der Waals surface area (Å²) in [5.74, 6) is -3.00. The highest BCUT2D eigenvalue weighted by atomic mass is 32.2. The van der Waals surface area contributed by atoms with Crippen LogP contribution in [0.5, 0.6) is 0 Å². The van der Waals surface area contributed by atoms with E-state index in [4.69, 9.17) is 0 Å². The second-order valence-corrected chi connectivity index (χ2v) is 10.7. The summed E-state index contributed by atoms with van der Waals surface area (Å²) in [6.07, 6.45) is -0.695. The third-order valence-corrected chi connectivity index (χ3v) is 7.17. The van der Waals surface area contributed by atoms with Crippen LogP contribution in [-0.4, -0.2) is 62.6 Å². The average Bonchev–Trinajstić information content (AvgIpc) is 2.47. The summed E-state index contributed by atoms with van der Waals surface area (Å²) in [6, 6.07) is 0. The molecule has 0 aromatic carbocycles. The van der Waals surface area contributed by atoms with Crippen LogP contribution in [0.3, 0.4) is 0 Å². The molecule has 0 aromatic rings. The van der Waals surface area contributed by atoms with E-state index in [0.29, 0.717) is 0 Å². The molecule has 4 N–H and O–H groups in total. The Morgan fingerprint density at radius 2 is 1.00 bits per heavy atom. The molecular weight excluding hydrogens is 388 g/mol. The Bertz CT molecular complexity index is 688. The Balaban J connectivity index is 5.25. The number of sulfonamides is 2. The van der Waals surface area contributed by atoms with Gasteiger partial charge in [0.25, 0.3) is 0 Å². The Hall–Kier alpha value is -1.50. The molecule has 0 amide bonds. The Morgan fingerprint density at radius 1 is 0.731 bits per heavy atom. The molecule has 0 bridgehead atoms. The second-order valence-electron chi connectivity index (χ2n) is 6.04. The first-order chi connectivity index (χ1) is 11.7. The summed E-state index contributed by atoms with van der Waals surface area (Å²) in [5, 5.41) is 17.0. The first-order valence-corrected chi connectivity index (χ1v) is 11.0. The fourth-order valence-electron chi connectivity index (χ4n) is 1.74. The maximum absolute atomic E-state index is 11.7. The monoisotopic (exact) mass is 414 g/mol. The van der Waals surface area contributed by atoms with Crippen LogP contribution < -0.4 is 9.44 Å². The zero-order chi connectivity index (χ0) is 20.7. The van der Waals surface area contributed by atoms with Gasteiger partial charge in [0.15, 0.2) is 0 Å². The van der Waals surface area contributed by atoms with E-state index in [1.165, 1.54) is 27.7 Å². The predicted octanol–water partition coefficient (Wildman–Crippen LogP) is -0.112. The topological polar surface area (TPSA) is 167 Å². The van der Waals surface area contributed by atoms with Gasteiger partial charge in [-0.3, -0.25) is 0 Å².